The van der Waals surface area contributed by atoms with Crippen molar-refractivity contribution in [2.45, 2.75) is 19.8 Å². The van der Waals surface area contributed by atoms with E-state index in [-0.39, 0.29) is 17.1 Å². The zero-order valence-electron chi connectivity index (χ0n) is 10.3. The highest BCUT2D eigenvalue weighted by atomic mass is 79.9. The fourth-order valence-electron chi connectivity index (χ4n) is 1.57. The molecule has 6 heteroatoms. The topological polar surface area (TPSA) is 35.0 Å². The van der Waals surface area contributed by atoms with Gasteiger partial charge < -0.3 is 4.74 Å². The Balaban J connectivity index is 2.40. The summed E-state index contributed by atoms with van der Waals surface area (Å²) in [7, 11) is 0. The Hall–Kier alpha value is -1.20. The molecule has 1 aromatic heterocycles. The molecule has 19 heavy (non-hydrogen) atoms. The van der Waals surface area contributed by atoms with Crippen LogP contribution in [0, 0.1) is 5.82 Å². The zero-order chi connectivity index (χ0) is 14.0. The molecule has 3 nitrogen and oxygen atoms in total. The van der Waals surface area contributed by atoms with Gasteiger partial charge in [0.25, 0.3) is 5.88 Å². The van der Waals surface area contributed by atoms with Gasteiger partial charge in [0.2, 0.25) is 11.1 Å². The van der Waals surface area contributed by atoms with Gasteiger partial charge in [0.1, 0.15) is 5.75 Å². The smallest absolute Gasteiger partial charge is 0.260 e. The normalized spacial score (nSPS) is 10.8. The first-order chi connectivity index (χ1) is 8.97. The minimum Gasteiger partial charge on any atom is -0.436 e. The first-order valence-electron chi connectivity index (χ1n) is 5.62. The van der Waals surface area contributed by atoms with E-state index in [1.165, 1.54) is 0 Å². The maximum absolute atomic E-state index is 13.5. The summed E-state index contributed by atoms with van der Waals surface area (Å²) >= 11 is 9.03. The van der Waals surface area contributed by atoms with Crippen molar-refractivity contribution in [3.63, 3.8) is 0 Å². The van der Waals surface area contributed by atoms with Gasteiger partial charge in [-0.3, -0.25) is 0 Å². The van der Waals surface area contributed by atoms with Gasteiger partial charge in [0, 0.05) is 4.47 Å². The molecule has 0 spiro atoms. The van der Waals surface area contributed by atoms with E-state index in [0.717, 1.165) is 16.2 Å². The summed E-state index contributed by atoms with van der Waals surface area (Å²) in [5.74, 6) is -0.0500. The van der Waals surface area contributed by atoms with E-state index in [0.29, 0.717) is 5.75 Å². The number of benzene rings is 1. The molecular weight excluding hydrogens is 335 g/mol. The predicted molar refractivity (Wildman–Crippen MR) is 75.3 cm³/mol. The third-order valence-corrected chi connectivity index (χ3v) is 3.16. The first-order valence-corrected chi connectivity index (χ1v) is 6.80. The SMILES string of the molecule is CC(C)c1cc(Br)ccc1Oc1nc(Cl)ncc1F. The number of hydrogen-bond donors (Lipinski definition) is 0. The highest BCUT2D eigenvalue weighted by molar-refractivity contribution is 9.10. The van der Waals surface area contributed by atoms with Crippen molar-refractivity contribution in [1.82, 2.24) is 9.97 Å². The molecule has 0 bridgehead atoms. The molecule has 0 unspecified atom stereocenters. The van der Waals surface area contributed by atoms with Crippen LogP contribution in [0.5, 0.6) is 11.6 Å². The van der Waals surface area contributed by atoms with E-state index < -0.39 is 5.82 Å². The molecule has 0 saturated heterocycles. The van der Waals surface area contributed by atoms with Crippen molar-refractivity contribution in [3.05, 3.63) is 45.5 Å². The summed E-state index contributed by atoms with van der Waals surface area (Å²) in [5, 5.41) is -0.0559. The number of hydrogen-bond acceptors (Lipinski definition) is 3. The quantitative estimate of drug-likeness (QED) is 0.738. The monoisotopic (exact) mass is 344 g/mol. The summed E-state index contributed by atoms with van der Waals surface area (Å²) in [6, 6.07) is 5.51. The third kappa shape index (κ3) is 3.42. The molecule has 0 N–H and O–H groups in total. The number of rotatable bonds is 3. The second-order valence-corrected chi connectivity index (χ2v) is 5.48. The molecule has 0 aliphatic heterocycles. The molecule has 0 radical (unpaired) electrons. The maximum Gasteiger partial charge on any atom is 0.260 e. The predicted octanol–water partition coefficient (Wildman–Crippen LogP) is 4.95. The molecule has 100 valence electrons. The van der Waals surface area contributed by atoms with Gasteiger partial charge in [-0.1, -0.05) is 29.8 Å². The molecule has 0 saturated carbocycles. The van der Waals surface area contributed by atoms with Crippen molar-refractivity contribution >= 4 is 27.5 Å². The molecular formula is C13H11BrClFN2O. The van der Waals surface area contributed by atoms with Crippen molar-refractivity contribution in [2.24, 2.45) is 0 Å². The minimum absolute atomic E-state index is 0.0559. The van der Waals surface area contributed by atoms with Crippen LogP contribution in [0.25, 0.3) is 0 Å². The number of nitrogens with zero attached hydrogens (tertiary/aromatic N) is 2. The fraction of sp³-hybridized carbons (Fsp3) is 0.231. The van der Waals surface area contributed by atoms with Gasteiger partial charge in [-0.2, -0.15) is 9.37 Å². The molecule has 0 aliphatic carbocycles. The minimum atomic E-state index is -0.651. The number of ether oxygens (including phenoxy) is 1. The average Bonchev–Trinajstić information content (AvgIpc) is 2.35. The van der Waals surface area contributed by atoms with Crippen LogP contribution < -0.4 is 4.74 Å². The van der Waals surface area contributed by atoms with Crippen molar-refractivity contribution in [1.29, 1.82) is 0 Å². The summed E-state index contributed by atoms with van der Waals surface area (Å²) in [6.45, 7) is 4.05. The molecule has 0 atom stereocenters. The number of aromatic nitrogens is 2. The van der Waals surface area contributed by atoms with Gasteiger partial charge >= 0.3 is 0 Å². The van der Waals surface area contributed by atoms with Crippen LogP contribution in [0.4, 0.5) is 4.39 Å². The maximum atomic E-state index is 13.5. The van der Waals surface area contributed by atoms with Gasteiger partial charge in [-0.25, -0.2) is 4.98 Å². The van der Waals surface area contributed by atoms with Crippen molar-refractivity contribution in [2.75, 3.05) is 0 Å². The van der Waals surface area contributed by atoms with Crippen LogP contribution in [-0.2, 0) is 0 Å². The third-order valence-electron chi connectivity index (χ3n) is 2.48. The average molecular weight is 346 g/mol. The highest BCUT2D eigenvalue weighted by Crippen LogP contribution is 2.33. The number of halogens is 3. The van der Waals surface area contributed by atoms with Gasteiger partial charge in [0.05, 0.1) is 6.20 Å². The molecule has 1 aromatic carbocycles. The lowest BCUT2D eigenvalue weighted by Crippen LogP contribution is -1.98. The van der Waals surface area contributed by atoms with Crippen LogP contribution in [0.3, 0.4) is 0 Å². The fourth-order valence-corrected chi connectivity index (χ4v) is 2.07. The molecule has 0 fully saturated rings. The second kappa shape index (κ2) is 5.84. The molecule has 0 aliphatic rings. The Morgan fingerprint density at radius 3 is 2.79 bits per heavy atom. The molecule has 0 amide bonds. The first kappa shape index (κ1) is 14.2. The summed E-state index contributed by atoms with van der Waals surface area (Å²) in [5.41, 5.74) is 0.948. The Labute approximate surface area is 123 Å². The van der Waals surface area contributed by atoms with E-state index in [2.05, 4.69) is 25.9 Å². The van der Waals surface area contributed by atoms with Crippen LogP contribution >= 0.6 is 27.5 Å². The zero-order valence-corrected chi connectivity index (χ0v) is 12.7. The summed E-state index contributed by atoms with van der Waals surface area (Å²) < 4.78 is 20.0. The Bertz CT molecular complexity index is 607. The van der Waals surface area contributed by atoms with Crippen LogP contribution in [0.15, 0.2) is 28.9 Å². The van der Waals surface area contributed by atoms with Gasteiger partial charge in [0.15, 0.2) is 0 Å². The van der Waals surface area contributed by atoms with Crippen LogP contribution in [-0.4, -0.2) is 9.97 Å². The Morgan fingerprint density at radius 2 is 2.11 bits per heavy atom. The lowest BCUT2D eigenvalue weighted by Gasteiger charge is -2.13. The lowest BCUT2D eigenvalue weighted by atomic mass is 10.0. The summed E-state index contributed by atoms with van der Waals surface area (Å²) in [6.07, 6.45) is 0.985. The Kier molecular flexibility index (Phi) is 4.37. The standard InChI is InChI=1S/C13H11BrClFN2O/c1-7(2)9-5-8(14)3-4-11(9)19-12-10(16)6-17-13(15)18-12/h3-7H,1-2H3. The van der Waals surface area contributed by atoms with E-state index in [4.69, 9.17) is 16.3 Å². The van der Waals surface area contributed by atoms with Gasteiger partial charge in [-0.15, -0.1) is 0 Å². The van der Waals surface area contributed by atoms with Crippen molar-refractivity contribution in [3.8, 4) is 11.6 Å². The van der Waals surface area contributed by atoms with Crippen LogP contribution in [0.1, 0.15) is 25.3 Å². The van der Waals surface area contributed by atoms with E-state index >= 15 is 0 Å². The molecule has 1 heterocycles. The van der Waals surface area contributed by atoms with Gasteiger partial charge in [-0.05, 0) is 41.3 Å². The van der Waals surface area contributed by atoms with E-state index in [1.807, 2.05) is 26.0 Å². The molecule has 2 aromatic rings. The van der Waals surface area contributed by atoms with E-state index in [9.17, 15) is 4.39 Å². The van der Waals surface area contributed by atoms with E-state index in [1.54, 1.807) is 6.07 Å². The summed E-state index contributed by atoms with van der Waals surface area (Å²) in [4.78, 5) is 7.28. The Morgan fingerprint density at radius 1 is 1.37 bits per heavy atom. The highest BCUT2D eigenvalue weighted by Gasteiger charge is 2.13. The largest absolute Gasteiger partial charge is 0.436 e. The lowest BCUT2D eigenvalue weighted by molar-refractivity contribution is 0.414. The second-order valence-electron chi connectivity index (χ2n) is 4.23. The van der Waals surface area contributed by atoms with Crippen LogP contribution in [0.2, 0.25) is 5.28 Å². The molecule has 2 rings (SSSR count). The van der Waals surface area contributed by atoms with Crippen molar-refractivity contribution < 1.29 is 9.13 Å².